The van der Waals surface area contributed by atoms with Gasteiger partial charge in [-0.15, -0.1) is 0 Å². The summed E-state index contributed by atoms with van der Waals surface area (Å²) in [5.74, 6) is -1.37. The number of aliphatic hydroxyl groups is 2. The van der Waals surface area contributed by atoms with E-state index in [-0.39, 0.29) is 0 Å². The summed E-state index contributed by atoms with van der Waals surface area (Å²) in [4.78, 5) is 20.4. The normalized spacial score (nSPS) is 13.0. The third-order valence-corrected chi connectivity index (χ3v) is 3.10. The van der Waals surface area contributed by atoms with Crippen molar-refractivity contribution >= 4 is 21.6 Å². The Labute approximate surface area is 107 Å². The molecule has 0 saturated carbocycles. The van der Waals surface area contributed by atoms with Gasteiger partial charge in [0.05, 0.1) is 11.5 Å². The first kappa shape index (κ1) is 15.2. The van der Waals surface area contributed by atoms with E-state index in [9.17, 15) is 28.4 Å². The molecule has 19 heavy (non-hydrogen) atoms. The van der Waals surface area contributed by atoms with Gasteiger partial charge in [-0.25, -0.2) is 0 Å². The summed E-state index contributed by atoms with van der Waals surface area (Å²) in [7, 11) is -4.89. The van der Waals surface area contributed by atoms with Crippen LogP contribution in [0.15, 0.2) is 23.1 Å². The Morgan fingerprint density at radius 2 is 2.00 bits per heavy atom. The molecule has 1 atom stereocenters. The van der Waals surface area contributed by atoms with Crippen LogP contribution in [0.2, 0.25) is 0 Å². The molecule has 0 aliphatic heterocycles. The van der Waals surface area contributed by atoms with Crippen LogP contribution < -0.4 is 0 Å². The molecule has 9 nitrogen and oxygen atoms in total. The third-order valence-electron chi connectivity index (χ3n) is 2.20. The van der Waals surface area contributed by atoms with E-state index in [4.69, 9.17) is 9.66 Å². The van der Waals surface area contributed by atoms with Gasteiger partial charge >= 0.3 is 0 Å². The highest BCUT2D eigenvalue weighted by Gasteiger charge is 2.32. The van der Waals surface area contributed by atoms with Crippen LogP contribution in [0.25, 0.3) is 0 Å². The molecule has 0 aromatic heterocycles. The molecule has 0 fully saturated rings. The molecule has 3 N–H and O–H groups in total. The van der Waals surface area contributed by atoms with Gasteiger partial charge < -0.3 is 10.2 Å². The van der Waals surface area contributed by atoms with Crippen LogP contribution in [-0.2, 0) is 10.1 Å². The Kier molecular flexibility index (Phi) is 4.32. The van der Waals surface area contributed by atoms with Crippen LogP contribution in [0.1, 0.15) is 10.4 Å². The van der Waals surface area contributed by atoms with Crippen molar-refractivity contribution in [2.45, 2.75) is 11.0 Å². The smallest absolute Gasteiger partial charge is 0.295 e. The second-order valence-electron chi connectivity index (χ2n) is 3.45. The molecule has 104 valence electrons. The largest absolute Gasteiger partial charge is 0.393 e. The standard InChI is InChI=1S/C9H9NO8S/c11-4-6(12)9(13)8-5(10(14)15)2-1-3-7(8)19(16,17)18/h1-3,6,11-12H,4H2,(H,16,17,18). The number of hydrogen-bond donors (Lipinski definition) is 3. The van der Waals surface area contributed by atoms with Crippen LogP contribution in [0.5, 0.6) is 0 Å². The van der Waals surface area contributed by atoms with Crippen molar-refractivity contribution in [3.63, 3.8) is 0 Å². The van der Waals surface area contributed by atoms with E-state index in [1.54, 1.807) is 0 Å². The minimum absolute atomic E-state index is 0.777. The first-order valence-electron chi connectivity index (χ1n) is 4.78. The number of nitro groups is 1. The number of aliphatic hydroxyl groups excluding tert-OH is 2. The van der Waals surface area contributed by atoms with Crippen molar-refractivity contribution in [3.05, 3.63) is 33.9 Å². The molecule has 0 aliphatic carbocycles. The predicted octanol–water partition coefficient (Wildman–Crippen LogP) is -0.623. The number of nitrogens with zero attached hydrogens (tertiary/aromatic N) is 1. The monoisotopic (exact) mass is 291 g/mol. The van der Waals surface area contributed by atoms with Crippen LogP contribution in [0.3, 0.4) is 0 Å². The second-order valence-corrected chi connectivity index (χ2v) is 4.84. The zero-order chi connectivity index (χ0) is 14.8. The summed E-state index contributed by atoms with van der Waals surface area (Å²) in [5, 5.41) is 28.6. The highest BCUT2D eigenvalue weighted by atomic mass is 32.2. The number of rotatable bonds is 5. The minimum atomic E-state index is -4.89. The molecular weight excluding hydrogens is 282 g/mol. The second kappa shape index (κ2) is 5.40. The molecular formula is C9H9NO8S. The van der Waals surface area contributed by atoms with E-state index in [0.717, 1.165) is 18.2 Å². The Balaban J connectivity index is 3.65. The van der Waals surface area contributed by atoms with Crippen LogP contribution in [-0.4, -0.2) is 46.6 Å². The summed E-state index contributed by atoms with van der Waals surface area (Å²) in [6.07, 6.45) is -2.03. The topological polar surface area (TPSA) is 155 Å². The SMILES string of the molecule is O=C(c1c([N+](=O)[O-])cccc1S(=O)(=O)O)C(O)CO. The highest BCUT2D eigenvalue weighted by molar-refractivity contribution is 7.86. The lowest BCUT2D eigenvalue weighted by Gasteiger charge is -2.09. The fourth-order valence-electron chi connectivity index (χ4n) is 1.38. The lowest BCUT2D eigenvalue weighted by molar-refractivity contribution is -0.385. The Bertz CT molecular complexity index is 623. The zero-order valence-corrected chi connectivity index (χ0v) is 10.1. The maximum Gasteiger partial charge on any atom is 0.295 e. The van der Waals surface area contributed by atoms with Gasteiger partial charge in [-0.1, -0.05) is 6.07 Å². The van der Waals surface area contributed by atoms with Gasteiger partial charge in [0.1, 0.15) is 16.6 Å². The minimum Gasteiger partial charge on any atom is -0.393 e. The van der Waals surface area contributed by atoms with E-state index >= 15 is 0 Å². The molecule has 0 radical (unpaired) electrons. The van der Waals surface area contributed by atoms with Crippen molar-refractivity contribution in [1.29, 1.82) is 0 Å². The molecule has 0 aliphatic rings. The molecule has 1 rings (SSSR count). The molecule has 0 heterocycles. The van der Waals surface area contributed by atoms with Gasteiger partial charge in [-0.2, -0.15) is 8.42 Å². The van der Waals surface area contributed by atoms with E-state index in [1.165, 1.54) is 0 Å². The quantitative estimate of drug-likeness (QED) is 0.280. The summed E-state index contributed by atoms with van der Waals surface area (Å²) in [5.41, 5.74) is -1.87. The zero-order valence-electron chi connectivity index (χ0n) is 9.25. The summed E-state index contributed by atoms with van der Waals surface area (Å²) in [6.45, 7) is -1.05. The predicted molar refractivity (Wildman–Crippen MR) is 60.3 cm³/mol. The van der Waals surface area contributed by atoms with Crippen LogP contribution >= 0.6 is 0 Å². The number of hydrogen-bond acceptors (Lipinski definition) is 7. The van der Waals surface area contributed by atoms with Gasteiger partial charge in [-0.05, 0) is 6.07 Å². The third kappa shape index (κ3) is 3.12. The number of benzene rings is 1. The number of nitro benzene ring substituents is 1. The van der Waals surface area contributed by atoms with E-state index in [2.05, 4.69) is 0 Å². The van der Waals surface area contributed by atoms with Crippen LogP contribution in [0.4, 0.5) is 5.69 Å². The molecule has 0 spiro atoms. The van der Waals surface area contributed by atoms with Crippen molar-refractivity contribution in [3.8, 4) is 0 Å². The molecule has 1 aromatic carbocycles. The van der Waals surface area contributed by atoms with Gasteiger partial charge in [-0.3, -0.25) is 19.5 Å². The number of carbonyl (C=O) groups is 1. The highest BCUT2D eigenvalue weighted by Crippen LogP contribution is 2.27. The van der Waals surface area contributed by atoms with Crippen molar-refractivity contribution in [2.75, 3.05) is 6.61 Å². The maximum absolute atomic E-state index is 11.7. The Morgan fingerprint density at radius 3 is 2.42 bits per heavy atom. The lowest BCUT2D eigenvalue weighted by Crippen LogP contribution is -2.26. The molecule has 0 bridgehead atoms. The summed E-state index contributed by atoms with van der Waals surface area (Å²) >= 11 is 0. The van der Waals surface area contributed by atoms with Crippen molar-refractivity contribution < 1.29 is 32.9 Å². The number of carbonyl (C=O) groups excluding carboxylic acids is 1. The number of Topliss-reactive ketones (excluding diaryl/α,β-unsaturated/α-hetero) is 1. The summed E-state index contributed by atoms with van der Waals surface area (Å²) < 4.78 is 31.1. The van der Waals surface area contributed by atoms with Crippen molar-refractivity contribution in [2.24, 2.45) is 0 Å². The average molecular weight is 291 g/mol. The summed E-state index contributed by atoms with van der Waals surface area (Å²) in [6, 6.07) is 2.58. The van der Waals surface area contributed by atoms with E-state index in [1.807, 2.05) is 0 Å². The fraction of sp³-hybridized carbons (Fsp3) is 0.222. The Hall–Kier alpha value is -1.88. The van der Waals surface area contributed by atoms with Gasteiger partial charge in [0.15, 0.2) is 0 Å². The Morgan fingerprint density at radius 1 is 1.42 bits per heavy atom. The van der Waals surface area contributed by atoms with E-state index in [0.29, 0.717) is 0 Å². The first-order chi connectivity index (χ1) is 8.70. The van der Waals surface area contributed by atoms with Gasteiger partial charge in [0, 0.05) is 6.07 Å². The average Bonchev–Trinajstić information content (AvgIpc) is 2.34. The fourth-order valence-corrected chi connectivity index (χ4v) is 2.10. The molecule has 0 saturated heterocycles. The number of ketones is 1. The molecule has 10 heteroatoms. The van der Waals surface area contributed by atoms with Crippen molar-refractivity contribution in [1.82, 2.24) is 0 Å². The van der Waals surface area contributed by atoms with Gasteiger partial charge in [0.2, 0.25) is 5.78 Å². The molecule has 0 amide bonds. The molecule has 1 unspecified atom stereocenters. The maximum atomic E-state index is 11.7. The molecule has 1 aromatic rings. The lowest BCUT2D eigenvalue weighted by atomic mass is 10.0. The van der Waals surface area contributed by atoms with Gasteiger partial charge in [0.25, 0.3) is 15.8 Å². The first-order valence-corrected chi connectivity index (χ1v) is 6.22. The van der Waals surface area contributed by atoms with Crippen LogP contribution in [0, 0.1) is 10.1 Å². The van der Waals surface area contributed by atoms with E-state index < -0.39 is 49.7 Å².